The highest BCUT2D eigenvalue weighted by Crippen LogP contribution is 2.15. The number of aryl methyl sites for hydroxylation is 1. The van der Waals surface area contributed by atoms with Crippen molar-refractivity contribution in [3.63, 3.8) is 0 Å². The summed E-state index contributed by atoms with van der Waals surface area (Å²) in [7, 11) is 0. The maximum Gasteiger partial charge on any atom is 0.247 e. The van der Waals surface area contributed by atoms with Gasteiger partial charge in [0.1, 0.15) is 11.9 Å². The molecule has 112 valence electrons. The molecular formula is C16H22N4O. The zero-order valence-corrected chi connectivity index (χ0v) is 12.5. The molecule has 0 saturated carbocycles. The summed E-state index contributed by atoms with van der Waals surface area (Å²) in [5, 5.41) is 2.93. The quantitative estimate of drug-likeness (QED) is 0.857. The average Bonchev–Trinajstić information content (AvgIpc) is 2.95. The van der Waals surface area contributed by atoms with Crippen LogP contribution in [0.15, 0.2) is 36.7 Å². The first-order valence-corrected chi connectivity index (χ1v) is 7.27. The van der Waals surface area contributed by atoms with E-state index in [-0.39, 0.29) is 11.9 Å². The number of nitrogens with two attached hydrogens (primary N) is 1. The average molecular weight is 286 g/mol. The zero-order valence-electron chi connectivity index (χ0n) is 12.5. The Balaban J connectivity index is 2.10. The van der Waals surface area contributed by atoms with E-state index in [1.165, 1.54) is 0 Å². The minimum Gasteiger partial charge on any atom is -0.326 e. The van der Waals surface area contributed by atoms with Gasteiger partial charge in [0.25, 0.3) is 0 Å². The molecule has 3 N–H and O–H groups in total. The molecule has 1 atom stereocenters. The molecule has 0 aliphatic heterocycles. The molecule has 0 radical (unpaired) electrons. The number of imidazole rings is 1. The molecule has 1 unspecified atom stereocenters. The van der Waals surface area contributed by atoms with Gasteiger partial charge in [-0.15, -0.1) is 0 Å². The molecule has 0 saturated heterocycles. The summed E-state index contributed by atoms with van der Waals surface area (Å²) in [4.78, 5) is 16.7. The van der Waals surface area contributed by atoms with Crippen molar-refractivity contribution in [2.75, 3.05) is 5.32 Å². The highest BCUT2D eigenvalue weighted by atomic mass is 16.2. The molecule has 1 heterocycles. The molecule has 1 amide bonds. The summed E-state index contributed by atoms with van der Waals surface area (Å²) in [5.74, 6) is 0.885. The second kappa shape index (κ2) is 7.04. The number of nitrogens with one attached hydrogen (secondary N) is 1. The van der Waals surface area contributed by atoms with Crippen LogP contribution in [0.25, 0.3) is 0 Å². The minimum absolute atomic E-state index is 0.0560. The maximum absolute atomic E-state index is 12.4. The van der Waals surface area contributed by atoms with Crippen LogP contribution in [0.1, 0.15) is 37.7 Å². The van der Waals surface area contributed by atoms with Gasteiger partial charge >= 0.3 is 0 Å². The summed E-state index contributed by atoms with van der Waals surface area (Å²) >= 11 is 0. The Hall–Kier alpha value is -2.14. The van der Waals surface area contributed by atoms with Crippen molar-refractivity contribution in [3.8, 4) is 0 Å². The van der Waals surface area contributed by atoms with E-state index < -0.39 is 0 Å². The molecule has 0 bridgehead atoms. The third kappa shape index (κ3) is 3.70. The number of benzene rings is 1. The predicted molar refractivity (Wildman–Crippen MR) is 83.9 cm³/mol. The fourth-order valence-electron chi connectivity index (χ4n) is 2.26. The minimum atomic E-state index is -0.296. The van der Waals surface area contributed by atoms with E-state index in [1.807, 2.05) is 42.0 Å². The Labute approximate surface area is 125 Å². The fourth-order valence-corrected chi connectivity index (χ4v) is 2.26. The molecule has 2 aromatic rings. The van der Waals surface area contributed by atoms with Gasteiger partial charge in [0.05, 0.1) is 0 Å². The van der Waals surface area contributed by atoms with Crippen LogP contribution in [0.2, 0.25) is 0 Å². The van der Waals surface area contributed by atoms with Crippen molar-refractivity contribution >= 4 is 11.6 Å². The van der Waals surface area contributed by atoms with Gasteiger partial charge in [0.15, 0.2) is 0 Å². The molecule has 1 aromatic heterocycles. The Kier molecular flexibility index (Phi) is 5.11. The number of hydrogen-bond acceptors (Lipinski definition) is 3. The van der Waals surface area contributed by atoms with Gasteiger partial charge in [-0.2, -0.15) is 0 Å². The molecule has 5 heteroatoms. The fraction of sp³-hybridized carbons (Fsp3) is 0.375. The Morgan fingerprint density at radius 2 is 2.29 bits per heavy atom. The van der Waals surface area contributed by atoms with Gasteiger partial charge in [-0.25, -0.2) is 4.98 Å². The summed E-state index contributed by atoms with van der Waals surface area (Å²) < 4.78 is 1.92. The van der Waals surface area contributed by atoms with E-state index in [9.17, 15) is 4.79 Å². The monoisotopic (exact) mass is 286 g/mol. The van der Waals surface area contributed by atoms with Crippen molar-refractivity contribution in [3.05, 3.63) is 48.0 Å². The first-order chi connectivity index (χ1) is 10.2. The van der Waals surface area contributed by atoms with Crippen molar-refractivity contribution in [1.29, 1.82) is 0 Å². The second-order valence-corrected chi connectivity index (χ2v) is 5.07. The van der Waals surface area contributed by atoms with E-state index in [0.717, 1.165) is 29.9 Å². The van der Waals surface area contributed by atoms with Crippen molar-refractivity contribution < 1.29 is 4.79 Å². The molecule has 5 nitrogen and oxygen atoms in total. The van der Waals surface area contributed by atoms with E-state index in [2.05, 4.69) is 17.2 Å². The van der Waals surface area contributed by atoms with Gasteiger partial charge in [-0.3, -0.25) is 4.79 Å². The van der Waals surface area contributed by atoms with E-state index >= 15 is 0 Å². The summed E-state index contributed by atoms with van der Waals surface area (Å²) in [6.45, 7) is 4.44. The highest BCUT2D eigenvalue weighted by molar-refractivity contribution is 5.93. The van der Waals surface area contributed by atoms with Crippen molar-refractivity contribution in [2.45, 2.75) is 39.3 Å². The van der Waals surface area contributed by atoms with E-state index in [0.29, 0.717) is 6.54 Å². The smallest absolute Gasteiger partial charge is 0.247 e. The largest absolute Gasteiger partial charge is 0.326 e. The van der Waals surface area contributed by atoms with Crippen LogP contribution in [0.3, 0.4) is 0 Å². The number of carbonyl (C=O) groups excluding carboxylic acids is 1. The van der Waals surface area contributed by atoms with Crippen molar-refractivity contribution in [1.82, 2.24) is 9.55 Å². The SMILES string of the molecule is CCCc1nccn1C(C)C(=O)Nc1cccc(CN)c1. The van der Waals surface area contributed by atoms with Crippen LogP contribution in [0, 0.1) is 0 Å². The highest BCUT2D eigenvalue weighted by Gasteiger charge is 2.17. The molecule has 2 rings (SSSR count). The number of carbonyl (C=O) groups is 1. The van der Waals surface area contributed by atoms with Gasteiger partial charge in [-0.1, -0.05) is 19.1 Å². The normalized spacial score (nSPS) is 12.1. The van der Waals surface area contributed by atoms with Crippen LogP contribution >= 0.6 is 0 Å². The van der Waals surface area contributed by atoms with Crippen LogP contribution < -0.4 is 11.1 Å². The lowest BCUT2D eigenvalue weighted by atomic mass is 10.2. The first-order valence-electron chi connectivity index (χ1n) is 7.27. The molecule has 1 aromatic carbocycles. The second-order valence-electron chi connectivity index (χ2n) is 5.07. The van der Waals surface area contributed by atoms with E-state index in [1.54, 1.807) is 6.20 Å². The van der Waals surface area contributed by atoms with Gasteiger partial charge in [0.2, 0.25) is 5.91 Å². The number of aromatic nitrogens is 2. The lowest BCUT2D eigenvalue weighted by Gasteiger charge is -2.16. The first kappa shape index (κ1) is 15.3. The number of anilines is 1. The van der Waals surface area contributed by atoms with Crippen LogP contribution in [-0.4, -0.2) is 15.5 Å². The Morgan fingerprint density at radius 1 is 1.48 bits per heavy atom. The third-order valence-electron chi connectivity index (χ3n) is 3.45. The third-order valence-corrected chi connectivity index (χ3v) is 3.45. The standard InChI is InChI=1S/C16H22N4O/c1-3-5-15-18-8-9-20(15)12(2)16(21)19-14-7-4-6-13(10-14)11-17/h4,6-10,12H,3,5,11,17H2,1-2H3,(H,19,21). The molecule has 0 aliphatic rings. The number of rotatable bonds is 6. The van der Waals surface area contributed by atoms with E-state index in [4.69, 9.17) is 5.73 Å². The van der Waals surface area contributed by atoms with Crippen molar-refractivity contribution in [2.24, 2.45) is 5.73 Å². The molecule has 0 spiro atoms. The van der Waals surface area contributed by atoms with Gasteiger partial charge < -0.3 is 15.6 Å². The lowest BCUT2D eigenvalue weighted by Crippen LogP contribution is -2.24. The molecule has 0 fully saturated rings. The predicted octanol–water partition coefficient (Wildman–Crippen LogP) is 2.49. The van der Waals surface area contributed by atoms with Crippen LogP contribution in [0.5, 0.6) is 0 Å². The number of hydrogen-bond donors (Lipinski definition) is 2. The molecule has 0 aliphatic carbocycles. The summed E-state index contributed by atoms with van der Waals surface area (Å²) in [5.41, 5.74) is 7.38. The number of nitrogens with zero attached hydrogens (tertiary/aromatic N) is 2. The molecule has 21 heavy (non-hydrogen) atoms. The van der Waals surface area contributed by atoms with Crippen LogP contribution in [0.4, 0.5) is 5.69 Å². The lowest BCUT2D eigenvalue weighted by molar-refractivity contribution is -0.118. The van der Waals surface area contributed by atoms with Gasteiger partial charge in [-0.05, 0) is 31.0 Å². The Morgan fingerprint density at radius 3 is 3.00 bits per heavy atom. The zero-order chi connectivity index (χ0) is 15.2. The van der Waals surface area contributed by atoms with Crippen LogP contribution in [-0.2, 0) is 17.8 Å². The maximum atomic E-state index is 12.4. The summed E-state index contributed by atoms with van der Waals surface area (Å²) in [6.07, 6.45) is 5.46. The summed E-state index contributed by atoms with van der Waals surface area (Å²) in [6, 6.07) is 7.29. The Bertz CT molecular complexity index is 606. The number of amides is 1. The van der Waals surface area contributed by atoms with Gasteiger partial charge in [0, 0.05) is 31.0 Å². The topological polar surface area (TPSA) is 72.9 Å². The molecular weight excluding hydrogens is 264 g/mol.